The SMILES string of the molecule is OC1C=CC=C(F)C1(F)Br. The molecule has 0 fully saturated rings. The zero-order valence-corrected chi connectivity index (χ0v) is 6.48. The van der Waals surface area contributed by atoms with Crippen molar-refractivity contribution in [3.8, 4) is 0 Å². The lowest BCUT2D eigenvalue weighted by atomic mass is 10.1. The molecule has 1 N–H and O–H groups in total. The van der Waals surface area contributed by atoms with Gasteiger partial charge >= 0.3 is 0 Å². The van der Waals surface area contributed by atoms with E-state index in [9.17, 15) is 8.78 Å². The molecule has 2 atom stereocenters. The predicted molar refractivity (Wildman–Crippen MR) is 37.1 cm³/mol. The maximum Gasteiger partial charge on any atom is 0.244 e. The van der Waals surface area contributed by atoms with E-state index in [0.717, 1.165) is 12.2 Å². The summed E-state index contributed by atoms with van der Waals surface area (Å²) in [5, 5.41) is 8.82. The highest BCUT2D eigenvalue weighted by atomic mass is 79.9. The zero-order chi connectivity index (χ0) is 7.78. The van der Waals surface area contributed by atoms with Crippen molar-refractivity contribution in [1.82, 2.24) is 0 Å². The zero-order valence-electron chi connectivity index (χ0n) is 4.89. The first-order valence-electron chi connectivity index (χ1n) is 2.65. The molecule has 0 aromatic heterocycles. The van der Waals surface area contributed by atoms with Crippen molar-refractivity contribution < 1.29 is 13.9 Å². The molecule has 0 radical (unpaired) electrons. The van der Waals surface area contributed by atoms with Crippen LogP contribution in [-0.4, -0.2) is 15.8 Å². The van der Waals surface area contributed by atoms with Gasteiger partial charge in [-0.25, -0.2) is 8.78 Å². The second kappa shape index (κ2) is 2.43. The fraction of sp³-hybridized carbons (Fsp3) is 0.333. The van der Waals surface area contributed by atoms with E-state index in [1.807, 2.05) is 0 Å². The number of allylic oxidation sites excluding steroid dienone is 2. The molecule has 1 rings (SSSR count). The third-order valence-electron chi connectivity index (χ3n) is 1.23. The molecule has 0 saturated heterocycles. The quantitative estimate of drug-likeness (QED) is 0.606. The van der Waals surface area contributed by atoms with Gasteiger partial charge < -0.3 is 5.11 Å². The summed E-state index contributed by atoms with van der Waals surface area (Å²) in [5.41, 5.74) is 0. The van der Waals surface area contributed by atoms with Crippen molar-refractivity contribution in [1.29, 1.82) is 0 Å². The molecule has 1 aliphatic carbocycles. The molecule has 0 heterocycles. The Morgan fingerprint density at radius 3 is 2.70 bits per heavy atom. The van der Waals surface area contributed by atoms with Crippen LogP contribution in [0.2, 0.25) is 0 Å². The van der Waals surface area contributed by atoms with E-state index < -0.39 is 16.5 Å². The maximum absolute atomic E-state index is 12.8. The van der Waals surface area contributed by atoms with Gasteiger partial charge in [-0.3, -0.25) is 0 Å². The van der Waals surface area contributed by atoms with Gasteiger partial charge in [0, 0.05) is 0 Å². The Morgan fingerprint density at radius 1 is 1.70 bits per heavy atom. The molecule has 0 aromatic rings. The van der Waals surface area contributed by atoms with Gasteiger partial charge in [-0.15, -0.1) is 0 Å². The van der Waals surface area contributed by atoms with E-state index in [1.165, 1.54) is 6.08 Å². The molecule has 0 bridgehead atoms. The van der Waals surface area contributed by atoms with Crippen LogP contribution in [0.1, 0.15) is 0 Å². The van der Waals surface area contributed by atoms with Gasteiger partial charge in [0.15, 0.2) is 5.83 Å². The molecule has 0 spiro atoms. The number of hydrogen-bond donors (Lipinski definition) is 1. The van der Waals surface area contributed by atoms with E-state index in [2.05, 4.69) is 15.9 Å². The molecule has 0 amide bonds. The van der Waals surface area contributed by atoms with Crippen LogP contribution >= 0.6 is 15.9 Å². The Bertz CT molecular complexity index is 198. The number of rotatable bonds is 0. The van der Waals surface area contributed by atoms with Crippen LogP contribution in [0.3, 0.4) is 0 Å². The van der Waals surface area contributed by atoms with Crippen LogP contribution in [0.5, 0.6) is 0 Å². The summed E-state index contributed by atoms with van der Waals surface area (Å²) >= 11 is 2.41. The fourth-order valence-corrected chi connectivity index (χ4v) is 0.903. The second-order valence-electron chi connectivity index (χ2n) is 1.97. The van der Waals surface area contributed by atoms with Gasteiger partial charge in [0.25, 0.3) is 0 Å². The Hall–Kier alpha value is -0.220. The van der Waals surface area contributed by atoms with E-state index >= 15 is 0 Å². The molecular formula is C6H5BrF2O. The lowest BCUT2D eigenvalue weighted by molar-refractivity contribution is 0.102. The third kappa shape index (κ3) is 1.13. The van der Waals surface area contributed by atoms with E-state index in [0.29, 0.717) is 0 Å². The molecule has 0 saturated carbocycles. The summed E-state index contributed by atoms with van der Waals surface area (Å²) in [5.74, 6) is -1.01. The predicted octanol–water partition coefficient (Wildman–Crippen LogP) is 1.83. The van der Waals surface area contributed by atoms with Crippen molar-refractivity contribution in [3.05, 3.63) is 24.1 Å². The van der Waals surface area contributed by atoms with Crippen molar-refractivity contribution >= 4 is 15.9 Å². The maximum atomic E-state index is 12.8. The first-order chi connectivity index (χ1) is 4.55. The van der Waals surface area contributed by atoms with Gasteiger partial charge in [0.1, 0.15) is 6.10 Å². The van der Waals surface area contributed by atoms with Crippen LogP contribution in [0.25, 0.3) is 0 Å². The highest BCUT2D eigenvalue weighted by molar-refractivity contribution is 9.10. The number of halogens is 3. The van der Waals surface area contributed by atoms with E-state index in [4.69, 9.17) is 5.11 Å². The lowest BCUT2D eigenvalue weighted by Crippen LogP contribution is -2.32. The summed E-state index contributed by atoms with van der Waals surface area (Å²) in [6.07, 6.45) is 1.94. The summed E-state index contributed by atoms with van der Waals surface area (Å²) < 4.78 is 22.8. The van der Waals surface area contributed by atoms with Crippen molar-refractivity contribution in [2.45, 2.75) is 10.7 Å². The molecule has 1 nitrogen and oxygen atoms in total. The van der Waals surface area contributed by atoms with Gasteiger partial charge in [-0.05, 0) is 22.0 Å². The van der Waals surface area contributed by atoms with Crippen LogP contribution in [-0.2, 0) is 0 Å². The fourth-order valence-electron chi connectivity index (χ4n) is 0.619. The highest BCUT2D eigenvalue weighted by Gasteiger charge is 2.40. The van der Waals surface area contributed by atoms with Gasteiger partial charge in [-0.2, -0.15) is 0 Å². The second-order valence-corrected chi connectivity index (χ2v) is 3.12. The Balaban J connectivity index is 2.93. The van der Waals surface area contributed by atoms with Crippen LogP contribution < -0.4 is 0 Å². The number of alkyl halides is 2. The Morgan fingerprint density at radius 2 is 2.30 bits per heavy atom. The van der Waals surface area contributed by atoms with E-state index in [-0.39, 0.29) is 0 Å². The summed E-state index contributed by atoms with van der Waals surface area (Å²) in [4.78, 5) is 0. The van der Waals surface area contributed by atoms with Crippen molar-refractivity contribution in [2.24, 2.45) is 0 Å². The monoisotopic (exact) mass is 210 g/mol. The summed E-state index contributed by atoms with van der Waals surface area (Å²) in [7, 11) is 0. The first-order valence-corrected chi connectivity index (χ1v) is 3.45. The van der Waals surface area contributed by atoms with Crippen LogP contribution in [0, 0.1) is 0 Å². The minimum atomic E-state index is -2.43. The topological polar surface area (TPSA) is 20.2 Å². The number of hydrogen-bond acceptors (Lipinski definition) is 1. The number of aliphatic hydroxyl groups excluding tert-OH is 1. The third-order valence-corrected chi connectivity index (χ3v) is 2.07. The standard InChI is InChI=1S/C6H5BrF2O/c7-6(9)4(8)2-1-3-5(6)10/h1-3,5,10H. The van der Waals surface area contributed by atoms with Crippen molar-refractivity contribution in [3.63, 3.8) is 0 Å². The van der Waals surface area contributed by atoms with Gasteiger partial charge in [0.2, 0.25) is 4.58 Å². The number of aliphatic hydroxyl groups is 1. The average molecular weight is 211 g/mol. The molecular weight excluding hydrogens is 206 g/mol. The molecule has 56 valence electrons. The largest absolute Gasteiger partial charge is 0.384 e. The molecule has 10 heavy (non-hydrogen) atoms. The highest BCUT2D eigenvalue weighted by Crippen LogP contribution is 2.36. The minimum absolute atomic E-state index is 0.960. The Labute approximate surface area is 65.2 Å². The van der Waals surface area contributed by atoms with Gasteiger partial charge in [0.05, 0.1) is 0 Å². The van der Waals surface area contributed by atoms with Crippen molar-refractivity contribution in [2.75, 3.05) is 0 Å². The smallest absolute Gasteiger partial charge is 0.244 e. The van der Waals surface area contributed by atoms with E-state index in [1.54, 1.807) is 0 Å². The Kier molecular flexibility index (Phi) is 1.92. The lowest BCUT2D eigenvalue weighted by Gasteiger charge is -2.22. The molecule has 0 aliphatic heterocycles. The molecule has 0 aromatic carbocycles. The first kappa shape index (κ1) is 7.88. The normalized spacial score (nSPS) is 39.6. The van der Waals surface area contributed by atoms with Crippen LogP contribution in [0.15, 0.2) is 24.1 Å². The van der Waals surface area contributed by atoms with Crippen LogP contribution in [0.4, 0.5) is 8.78 Å². The molecule has 1 aliphatic rings. The average Bonchev–Trinajstić information content (AvgIpc) is 1.84. The molecule has 4 heteroatoms. The minimum Gasteiger partial charge on any atom is -0.384 e. The summed E-state index contributed by atoms with van der Waals surface area (Å²) in [6.45, 7) is 0. The molecule has 2 unspecified atom stereocenters. The van der Waals surface area contributed by atoms with Gasteiger partial charge in [-0.1, -0.05) is 12.2 Å². The summed E-state index contributed by atoms with van der Waals surface area (Å²) in [6, 6.07) is 0.